The number of alkyl halides is 2. The summed E-state index contributed by atoms with van der Waals surface area (Å²) in [4.78, 5) is 23.6. The van der Waals surface area contributed by atoms with Gasteiger partial charge in [-0.2, -0.15) is 0 Å². The predicted molar refractivity (Wildman–Crippen MR) is 81.8 cm³/mol. The zero-order valence-corrected chi connectivity index (χ0v) is 13.0. The summed E-state index contributed by atoms with van der Waals surface area (Å²) >= 11 is 7.28. The number of carbonyl (C=O) groups is 1. The van der Waals surface area contributed by atoms with Crippen molar-refractivity contribution in [2.75, 3.05) is 18.6 Å². The quantitative estimate of drug-likeness (QED) is 0.785. The van der Waals surface area contributed by atoms with Gasteiger partial charge in [0.2, 0.25) is 5.91 Å². The van der Waals surface area contributed by atoms with Crippen LogP contribution in [0.25, 0.3) is 0 Å². The molecule has 22 heavy (non-hydrogen) atoms. The molecule has 0 radical (unpaired) electrons. The Bertz CT molecular complexity index is 613. The summed E-state index contributed by atoms with van der Waals surface area (Å²) < 4.78 is 26.7. The van der Waals surface area contributed by atoms with E-state index in [2.05, 4.69) is 5.32 Å². The van der Waals surface area contributed by atoms with Crippen LogP contribution in [0.3, 0.4) is 0 Å². The van der Waals surface area contributed by atoms with Gasteiger partial charge >= 0.3 is 0 Å². The maximum Gasteiger partial charge on any atom is 0.286 e. The molecule has 1 aliphatic heterocycles. The summed E-state index contributed by atoms with van der Waals surface area (Å²) in [6.45, 7) is -1.23. The van der Waals surface area contributed by atoms with Gasteiger partial charge in [0, 0.05) is 22.9 Å². The van der Waals surface area contributed by atoms with Crippen LogP contribution in [-0.2, 0) is 11.3 Å². The average molecular weight is 353 g/mol. The van der Waals surface area contributed by atoms with Crippen LogP contribution in [0.1, 0.15) is 6.42 Å². The van der Waals surface area contributed by atoms with Crippen LogP contribution < -0.4 is 10.9 Å². The number of aryl methyl sites for hydroxylation is 1. The van der Waals surface area contributed by atoms with Crippen LogP contribution in [0.4, 0.5) is 14.5 Å². The van der Waals surface area contributed by atoms with Crippen molar-refractivity contribution < 1.29 is 18.7 Å². The van der Waals surface area contributed by atoms with Crippen LogP contribution in [0.2, 0.25) is 0 Å². The molecule has 3 atom stereocenters. The Morgan fingerprint density at radius 1 is 1.59 bits per heavy atom. The van der Waals surface area contributed by atoms with Gasteiger partial charge in [-0.05, 0) is 6.42 Å². The number of hydrogen-bond acceptors (Lipinski definition) is 4. The first kappa shape index (κ1) is 17.2. The molecule has 2 heterocycles. The second-order valence-corrected chi connectivity index (χ2v) is 6.86. The largest absolute Gasteiger partial charge is 0.395 e. The molecule has 0 bridgehead atoms. The monoisotopic (exact) mass is 352 g/mol. The molecule has 1 fully saturated rings. The third-order valence-electron chi connectivity index (χ3n) is 3.29. The lowest BCUT2D eigenvalue weighted by atomic mass is 10.2. The number of aromatic nitrogens is 1. The van der Waals surface area contributed by atoms with Crippen molar-refractivity contribution in [1.29, 1.82) is 0 Å². The van der Waals surface area contributed by atoms with Crippen molar-refractivity contribution in [2.45, 2.75) is 28.8 Å². The van der Waals surface area contributed by atoms with Gasteiger partial charge in [-0.3, -0.25) is 9.59 Å². The number of thioether (sulfide) groups is 1. The molecule has 1 aromatic heterocycles. The van der Waals surface area contributed by atoms with Crippen molar-refractivity contribution in [3.8, 4) is 0 Å². The first-order valence-electron chi connectivity index (χ1n) is 6.63. The van der Waals surface area contributed by atoms with Crippen LogP contribution in [-0.4, -0.2) is 44.7 Å². The smallest absolute Gasteiger partial charge is 0.286 e. The number of rotatable bonds is 5. The van der Waals surface area contributed by atoms with Crippen molar-refractivity contribution >= 4 is 35.0 Å². The van der Waals surface area contributed by atoms with Gasteiger partial charge < -0.3 is 15.0 Å². The Labute approximate surface area is 134 Å². The molecular formula is C13H15ClF2N2O3S. The molecule has 122 valence electrons. The lowest BCUT2D eigenvalue weighted by molar-refractivity contribution is -0.115. The van der Waals surface area contributed by atoms with Gasteiger partial charge in [-0.1, -0.05) is 0 Å². The summed E-state index contributed by atoms with van der Waals surface area (Å²) in [5.74, 6) is -1.45. The third-order valence-corrected chi connectivity index (χ3v) is 5.48. The molecule has 0 aromatic carbocycles. The first-order chi connectivity index (χ1) is 10.5. The van der Waals surface area contributed by atoms with Crippen molar-refractivity contribution in [2.24, 2.45) is 0 Å². The molecule has 2 rings (SSSR count). The fourth-order valence-corrected chi connectivity index (χ4v) is 4.01. The lowest BCUT2D eigenvalue weighted by Crippen LogP contribution is -2.27. The number of carbonyl (C=O) groups excluding carboxylic acids is 1. The van der Waals surface area contributed by atoms with E-state index in [1.54, 1.807) is 0 Å². The molecule has 0 aliphatic carbocycles. The summed E-state index contributed by atoms with van der Waals surface area (Å²) in [5.41, 5.74) is -0.859. The van der Waals surface area contributed by atoms with E-state index >= 15 is 0 Å². The fraction of sp³-hybridized carbons (Fsp3) is 0.538. The maximum absolute atomic E-state index is 13.5. The molecule has 5 nitrogen and oxygen atoms in total. The number of aliphatic hydroxyl groups is 1. The second kappa shape index (κ2) is 7.43. The van der Waals surface area contributed by atoms with E-state index in [4.69, 9.17) is 16.7 Å². The number of pyridine rings is 1. The van der Waals surface area contributed by atoms with E-state index in [9.17, 15) is 18.4 Å². The maximum atomic E-state index is 13.5. The average Bonchev–Trinajstić information content (AvgIpc) is 2.85. The normalized spacial score (nSPS) is 24.5. The van der Waals surface area contributed by atoms with E-state index in [1.807, 2.05) is 0 Å². The Morgan fingerprint density at radius 2 is 2.32 bits per heavy atom. The minimum absolute atomic E-state index is 0.0784. The predicted octanol–water partition coefficient (Wildman–Crippen LogP) is 1.37. The number of nitrogens with zero attached hydrogens (tertiary/aromatic N) is 1. The van der Waals surface area contributed by atoms with Crippen LogP contribution in [0.15, 0.2) is 17.1 Å². The lowest BCUT2D eigenvalue weighted by Gasteiger charge is -2.12. The zero-order valence-electron chi connectivity index (χ0n) is 11.5. The highest BCUT2D eigenvalue weighted by molar-refractivity contribution is 8.01. The number of amides is 1. The van der Waals surface area contributed by atoms with Crippen LogP contribution in [0.5, 0.6) is 0 Å². The molecule has 0 spiro atoms. The standard InChI is InChI=1S/C13H15ClF2N2O3S/c14-8-4-10(22-11(8)6-19)12(20)17-7-3-9(16)13(21)18(5-7)2-1-15/h3,5,8,10-11,19H,1-2,4,6H2,(H,17,20). The van der Waals surface area contributed by atoms with E-state index in [0.29, 0.717) is 6.42 Å². The Balaban J connectivity index is 2.10. The van der Waals surface area contributed by atoms with Gasteiger partial charge in [-0.25, -0.2) is 8.78 Å². The van der Waals surface area contributed by atoms with Crippen molar-refractivity contribution in [3.05, 3.63) is 28.4 Å². The topological polar surface area (TPSA) is 71.3 Å². The fourth-order valence-electron chi connectivity index (χ4n) is 2.18. The van der Waals surface area contributed by atoms with E-state index < -0.39 is 29.2 Å². The summed E-state index contributed by atoms with van der Waals surface area (Å²) in [6.07, 6.45) is 1.58. The number of hydrogen-bond donors (Lipinski definition) is 2. The third kappa shape index (κ3) is 3.80. The minimum Gasteiger partial charge on any atom is -0.395 e. The molecule has 3 unspecified atom stereocenters. The SMILES string of the molecule is O=C(Nc1cc(F)c(=O)n(CCF)c1)C1CC(Cl)C(CO)S1. The number of nitrogens with one attached hydrogen (secondary N) is 1. The van der Waals surface area contributed by atoms with Crippen LogP contribution >= 0.6 is 23.4 Å². The van der Waals surface area contributed by atoms with Crippen LogP contribution in [0, 0.1) is 5.82 Å². The van der Waals surface area contributed by atoms with Gasteiger partial charge in [0.1, 0.15) is 6.67 Å². The number of aliphatic hydroxyl groups excluding tert-OH is 1. The van der Waals surface area contributed by atoms with E-state index in [0.717, 1.165) is 10.6 Å². The number of halogens is 3. The Hall–Kier alpha value is -1.12. The molecule has 2 N–H and O–H groups in total. The van der Waals surface area contributed by atoms with E-state index in [1.165, 1.54) is 18.0 Å². The van der Waals surface area contributed by atoms with Gasteiger partial charge in [0.25, 0.3) is 5.56 Å². The van der Waals surface area contributed by atoms with Gasteiger partial charge in [0.15, 0.2) is 5.82 Å². The highest BCUT2D eigenvalue weighted by atomic mass is 35.5. The van der Waals surface area contributed by atoms with Crippen molar-refractivity contribution in [1.82, 2.24) is 4.57 Å². The zero-order chi connectivity index (χ0) is 16.3. The minimum atomic E-state index is -1.06. The van der Waals surface area contributed by atoms with Crippen molar-refractivity contribution in [3.63, 3.8) is 0 Å². The summed E-state index contributed by atoms with van der Waals surface area (Å²) in [7, 11) is 0. The first-order valence-corrected chi connectivity index (χ1v) is 8.01. The molecule has 1 aromatic rings. The molecule has 1 saturated heterocycles. The summed E-state index contributed by atoms with van der Waals surface area (Å²) in [6, 6.07) is 0.899. The molecule has 9 heteroatoms. The Kier molecular flexibility index (Phi) is 5.82. The second-order valence-electron chi connectivity index (χ2n) is 4.85. The summed E-state index contributed by atoms with van der Waals surface area (Å²) in [5, 5.41) is 10.6. The molecule has 1 amide bonds. The molecule has 0 saturated carbocycles. The molecule has 1 aliphatic rings. The van der Waals surface area contributed by atoms with Gasteiger partial charge in [-0.15, -0.1) is 23.4 Å². The highest BCUT2D eigenvalue weighted by Crippen LogP contribution is 2.37. The van der Waals surface area contributed by atoms with Gasteiger partial charge in [0.05, 0.1) is 24.1 Å². The number of anilines is 1. The Morgan fingerprint density at radius 3 is 2.91 bits per heavy atom. The molecular weight excluding hydrogens is 338 g/mol. The highest BCUT2D eigenvalue weighted by Gasteiger charge is 2.37. The van der Waals surface area contributed by atoms with E-state index in [-0.39, 0.29) is 29.5 Å².